The van der Waals surface area contributed by atoms with Crippen LogP contribution in [-0.4, -0.2) is 18.3 Å². The van der Waals surface area contributed by atoms with Gasteiger partial charge in [-0.3, -0.25) is 9.59 Å². The highest BCUT2D eigenvalue weighted by Crippen LogP contribution is 2.40. The van der Waals surface area contributed by atoms with Crippen molar-refractivity contribution in [3.63, 3.8) is 0 Å². The van der Waals surface area contributed by atoms with Crippen molar-refractivity contribution in [3.05, 3.63) is 93.8 Å². The summed E-state index contributed by atoms with van der Waals surface area (Å²) in [5.74, 6) is -3.76. The van der Waals surface area contributed by atoms with Crippen LogP contribution in [-0.2, 0) is 0 Å². The summed E-state index contributed by atoms with van der Waals surface area (Å²) in [6, 6.07) is 10.2. The number of nitrogens with two attached hydrogens (primary N) is 1. The molecule has 0 unspecified atom stereocenters. The summed E-state index contributed by atoms with van der Waals surface area (Å²) < 4.78 is 54.0. The standard InChI is InChI=1S/C24H18F3NO4/c1-12-21-16(20(29)8-9-31-21)11-19(27)22(12)32-23(15-6-7-17(25)18(26)10-15)13-2-4-14(5-3-13)24(28)30/h2-7,10-11,23H,8-9H2,1H3,(H2,28,30)/t23-/m1/s1. The van der Waals surface area contributed by atoms with Gasteiger partial charge in [0, 0.05) is 17.5 Å². The van der Waals surface area contributed by atoms with E-state index in [4.69, 9.17) is 15.2 Å². The van der Waals surface area contributed by atoms with Gasteiger partial charge in [0.25, 0.3) is 0 Å². The van der Waals surface area contributed by atoms with Crippen LogP contribution < -0.4 is 15.2 Å². The number of carbonyl (C=O) groups excluding carboxylic acids is 2. The topological polar surface area (TPSA) is 78.6 Å². The Balaban J connectivity index is 1.81. The molecule has 1 aliphatic heterocycles. The van der Waals surface area contributed by atoms with Gasteiger partial charge in [0.1, 0.15) is 11.9 Å². The number of carbonyl (C=O) groups is 2. The van der Waals surface area contributed by atoms with Crippen LogP contribution in [0, 0.1) is 24.4 Å². The predicted molar refractivity (Wildman–Crippen MR) is 109 cm³/mol. The molecule has 3 aromatic rings. The molecule has 8 heteroatoms. The van der Waals surface area contributed by atoms with Gasteiger partial charge in [-0.2, -0.15) is 0 Å². The smallest absolute Gasteiger partial charge is 0.248 e. The van der Waals surface area contributed by atoms with E-state index in [1.165, 1.54) is 30.3 Å². The Labute approximate surface area is 181 Å². The number of fused-ring (bicyclic) bond motifs is 1. The number of hydrogen-bond acceptors (Lipinski definition) is 4. The van der Waals surface area contributed by atoms with Crippen LogP contribution in [0.25, 0.3) is 0 Å². The number of hydrogen-bond donors (Lipinski definition) is 1. The number of ketones is 1. The van der Waals surface area contributed by atoms with Gasteiger partial charge < -0.3 is 15.2 Å². The summed E-state index contributed by atoms with van der Waals surface area (Å²) in [5, 5.41) is 0. The molecule has 1 atom stereocenters. The molecule has 0 fully saturated rings. The van der Waals surface area contributed by atoms with E-state index in [1.807, 2.05) is 0 Å². The molecule has 1 heterocycles. The lowest BCUT2D eigenvalue weighted by atomic mass is 9.98. The van der Waals surface area contributed by atoms with E-state index in [-0.39, 0.29) is 52.6 Å². The first-order valence-electron chi connectivity index (χ1n) is 9.76. The van der Waals surface area contributed by atoms with Crippen LogP contribution in [0.2, 0.25) is 0 Å². The van der Waals surface area contributed by atoms with E-state index in [9.17, 15) is 22.8 Å². The highest BCUT2D eigenvalue weighted by atomic mass is 19.2. The molecule has 0 spiro atoms. The Morgan fingerprint density at radius 1 is 1.00 bits per heavy atom. The minimum Gasteiger partial charge on any atom is -0.492 e. The molecule has 0 radical (unpaired) electrons. The molecule has 0 aliphatic carbocycles. The minimum absolute atomic E-state index is 0.133. The molecule has 3 aromatic carbocycles. The molecule has 164 valence electrons. The zero-order chi connectivity index (χ0) is 23.0. The fourth-order valence-electron chi connectivity index (χ4n) is 3.60. The SMILES string of the molecule is Cc1c(O[C@H](c2ccc(C(N)=O)cc2)c2ccc(F)c(F)c2)c(F)cc2c1OCCC2=O. The highest BCUT2D eigenvalue weighted by molar-refractivity contribution is 6.00. The van der Waals surface area contributed by atoms with Crippen LogP contribution in [0.1, 0.15) is 49.9 Å². The van der Waals surface area contributed by atoms with E-state index in [0.717, 1.165) is 18.2 Å². The fraction of sp³-hybridized carbons (Fsp3) is 0.167. The Kier molecular flexibility index (Phi) is 5.61. The van der Waals surface area contributed by atoms with E-state index >= 15 is 0 Å². The highest BCUT2D eigenvalue weighted by Gasteiger charge is 2.28. The fourth-order valence-corrected chi connectivity index (χ4v) is 3.60. The molecule has 0 saturated heterocycles. The van der Waals surface area contributed by atoms with Crippen molar-refractivity contribution >= 4 is 11.7 Å². The summed E-state index contributed by atoms with van der Waals surface area (Å²) in [7, 11) is 0. The Morgan fingerprint density at radius 2 is 1.69 bits per heavy atom. The van der Waals surface area contributed by atoms with Gasteiger partial charge >= 0.3 is 0 Å². The lowest BCUT2D eigenvalue weighted by molar-refractivity contribution is 0.0930. The average molecular weight is 441 g/mol. The maximum Gasteiger partial charge on any atom is 0.248 e. The van der Waals surface area contributed by atoms with Crippen molar-refractivity contribution in [2.24, 2.45) is 5.73 Å². The van der Waals surface area contributed by atoms with Gasteiger partial charge in [0.2, 0.25) is 5.91 Å². The van der Waals surface area contributed by atoms with Crippen LogP contribution in [0.5, 0.6) is 11.5 Å². The number of Topliss-reactive ketones (excluding diaryl/α,β-unsaturated/α-hetero) is 1. The zero-order valence-corrected chi connectivity index (χ0v) is 17.0. The molecule has 2 N–H and O–H groups in total. The molecular weight excluding hydrogens is 423 g/mol. The Bertz CT molecular complexity index is 1220. The molecular formula is C24H18F3NO4. The first kappa shape index (κ1) is 21.4. The maximum absolute atomic E-state index is 15.0. The monoisotopic (exact) mass is 441 g/mol. The summed E-state index contributed by atoms with van der Waals surface area (Å²) in [6.45, 7) is 1.72. The molecule has 0 aromatic heterocycles. The molecule has 4 rings (SSSR count). The van der Waals surface area contributed by atoms with Gasteiger partial charge in [0.05, 0.1) is 12.2 Å². The van der Waals surface area contributed by atoms with Crippen LogP contribution in [0.15, 0.2) is 48.5 Å². The maximum atomic E-state index is 15.0. The van der Waals surface area contributed by atoms with Gasteiger partial charge in [-0.1, -0.05) is 18.2 Å². The summed E-state index contributed by atoms with van der Waals surface area (Å²) in [6.07, 6.45) is -0.909. The number of primary amides is 1. The first-order chi connectivity index (χ1) is 15.3. The number of ether oxygens (including phenoxy) is 2. The van der Waals surface area contributed by atoms with Gasteiger partial charge in [-0.15, -0.1) is 0 Å². The first-order valence-corrected chi connectivity index (χ1v) is 9.76. The molecule has 1 aliphatic rings. The number of rotatable bonds is 5. The van der Waals surface area contributed by atoms with Crippen molar-refractivity contribution in [2.75, 3.05) is 6.61 Å². The molecule has 32 heavy (non-hydrogen) atoms. The van der Waals surface area contributed by atoms with E-state index in [0.29, 0.717) is 5.56 Å². The lowest BCUT2D eigenvalue weighted by Crippen LogP contribution is -2.18. The number of halogens is 3. The Morgan fingerprint density at radius 3 is 2.34 bits per heavy atom. The minimum atomic E-state index is -1.10. The quantitative estimate of drug-likeness (QED) is 0.626. The average Bonchev–Trinajstić information content (AvgIpc) is 2.77. The predicted octanol–water partition coefficient (Wildman–Crippen LogP) is 4.64. The van der Waals surface area contributed by atoms with Crippen molar-refractivity contribution in [1.82, 2.24) is 0 Å². The third-order valence-electron chi connectivity index (χ3n) is 5.27. The second-order valence-corrected chi connectivity index (χ2v) is 7.37. The van der Waals surface area contributed by atoms with Crippen molar-refractivity contribution in [1.29, 1.82) is 0 Å². The van der Waals surface area contributed by atoms with Crippen LogP contribution >= 0.6 is 0 Å². The van der Waals surface area contributed by atoms with E-state index in [2.05, 4.69) is 0 Å². The largest absolute Gasteiger partial charge is 0.492 e. The lowest BCUT2D eigenvalue weighted by Gasteiger charge is -2.25. The number of benzene rings is 3. The van der Waals surface area contributed by atoms with Gasteiger partial charge in [-0.25, -0.2) is 13.2 Å². The summed E-state index contributed by atoms with van der Waals surface area (Å²) in [4.78, 5) is 23.5. The Hall–Kier alpha value is -3.81. The molecule has 0 bridgehead atoms. The third kappa shape index (κ3) is 3.91. The normalized spacial score (nSPS) is 13.8. The molecule has 1 amide bonds. The molecule has 0 saturated carbocycles. The van der Waals surface area contributed by atoms with Crippen LogP contribution in [0.4, 0.5) is 13.2 Å². The molecule has 5 nitrogen and oxygen atoms in total. The zero-order valence-electron chi connectivity index (χ0n) is 17.0. The number of amides is 1. The third-order valence-corrected chi connectivity index (χ3v) is 5.27. The van der Waals surface area contributed by atoms with Crippen molar-refractivity contribution in [3.8, 4) is 11.5 Å². The van der Waals surface area contributed by atoms with Crippen molar-refractivity contribution < 1.29 is 32.2 Å². The van der Waals surface area contributed by atoms with Gasteiger partial charge in [-0.05, 0) is 48.4 Å². The van der Waals surface area contributed by atoms with E-state index < -0.39 is 29.5 Å². The van der Waals surface area contributed by atoms with Crippen molar-refractivity contribution in [2.45, 2.75) is 19.4 Å². The summed E-state index contributed by atoms with van der Waals surface area (Å²) in [5.41, 5.74) is 6.57. The summed E-state index contributed by atoms with van der Waals surface area (Å²) >= 11 is 0. The second kappa shape index (κ2) is 8.37. The van der Waals surface area contributed by atoms with Gasteiger partial charge in [0.15, 0.2) is 29.0 Å². The second-order valence-electron chi connectivity index (χ2n) is 7.37. The van der Waals surface area contributed by atoms with Crippen LogP contribution in [0.3, 0.4) is 0 Å². The van der Waals surface area contributed by atoms with E-state index in [1.54, 1.807) is 6.92 Å².